The van der Waals surface area contributed by atoms with Crippen LogP contribution in [0.4, 0.5) is 0 Å². The summed E-state index contributed by atoms with van der Waals surface area (Å²) in [5, 5.41) is 2.09. The lowest BCUT2D eigenvalue weighted by molar-refractivity contribution is 1.08. The van der Waals surface area contributed by atoms with Gasteiger partial charge in [-0.15, -0.1) is 17.7 Å². The highest BCUT2D eigenvalue weighted by molar-refractivity contribution is 8.01. The third kappa shape index (κ3) is 6.15. The quantitative estimate of drug-likeness (QED) is 0.412. The Labute approximate surface area is 57.0 Å². The Hall–Kier alpha value is 0.155. The Morgan fingerprint density at radius 3 is 2.88 bits per heavy atom. The molecule has 2 heteroatoms. The maximum Gasteiger partial charge on any atom is 0.142 e. The summed E-state index contributed by atoms with van der Waals surface area (Å²) in [6, 6.07) is 0. The van der Waals surface area contributed by atoms with E-state index in [1.165, 1.54) is 12.7 Å². The molecule has 45 valence electrons. The van der Waals surface area contributed by atoms with E-state index in [9.17, 15) is 0 Å². The van der Waals surface area contributed by atoms with Gasteiger partial charge in [-0.3, -0.25) is 0 Å². The minimum atomic E-state index is 1.21. The van der Waals surface area contributed by atoms with Crippen LogP contribution in [0.2, 0.25) is 6.32 Å². The number of hydrogen-bond acceptors (Lipinski definition) is 1. The fourth-order valence-corrected chi connectivity index (χ4v) is 0.665. The summed E-state index contributed by atoms with van der Waals surface area (Å²) in [5.41, 5.74) is 0. The molecule has 0 aromatic heterocycles. The molecular formula is C6H12BS. The van der Waals surface area contributed by atoms with E-state index in [4.69, 9.17) is 0 Å². The van der Waals surface area contributed by atoms with E-state index in [0.29, 0.717) is 0 Å². The van der Waals surface area contributed by atoms with Crippen molar-refractivity contribution in [3.63, 3.8) is 0 Å². The molecule has 0 bridgehead atoms. The van der Waals surface area contributed by atoms with Crippen LogP contribution in [0.25, 0.3) is 0 Å². The van der Waals surface area contributed by atoms with Crippen molar-refractivity contribution < 1.29 is 0 Å². The largest absolute Gasteiger partial charge is 0.142 e. The number of rotatable bonds is 4. The van der Waals surface area contributed by atoms with Gasteiger partial charge in [0.25, 0.3) is 0 Å². The van der Waals surface area contributed by atoms with Gasteiger partial charge in [-0.05, 0) is 11.7 Å². The van der Waals surface area contributed by atoms with Gasteiger partial charge in [0, 0.05) is 0 Å². The molecule has 0 amide bonds. The molecule has 0 rings (SSSR count). The molecule has 0 saturated carbocycles. The molecule has 0 nitrogen and oxygen atoms in total. The summed E-state index contributed by atoms with van der Waals surface area (Å²) in [4.78, 5) is 0. The molecule has 1 radical (unpaired) electrons. The Bertz CT molecular complexity index is 61.5. The van der Waals surface area contributed by atoms with E-state index >= 15 is 0 Å². The minimum Gasteiger partial charge on any atom is -0.139 e. The van der Waals surface area contributed by atoms with Crippen LogP contribution >= 0.6 is 11.8 Å². The summed E-state index contributed by atoms with van der Waals surface area (Å²) in [6.45, 7) is 2.18. The SMILES string of the molecule is CCC[B]C=CSC. The zero-order valence-corrected chi connectivity index (χ0v) is 6.37. The van der Waals surface area contributed by atoms with Crippen molar-refractivity contribution in [2.24, 2.45) is 0 Å². The van der Waals surface area contributed by atoms with Crippen LogP contribution in [0.3, 0.4) is 0 Å². The van der Waals surface area contributed by atoms with Gasteiger partial charge in [0.1, 0.15) is 7.28 Å². The van der Waals surface area contributed by atoms with Crippen LogP contribution in [0.5, 0.6) is 0 Å². The van der Waals surface area contributed by atoms with E-state index in [-0.39, 0.29) is 0 Å². The summed E-state index contributed by atoms with van der Waals surface area (Å²) in [7, 11) is 2.19. The Morgan fingerprint density at radius 1 is 1.62 bits per heavy atom. The Kier molecular flexibility index (Phi) is 7.29. The summed E-state index contributed by atoms with van der Waals surface area (Å²) < 4.78 is 0. The molecule has 0 unspecified atom stereocenters. The van der Waals surface area contributed by atoms with Crippen LogP contribution in [-0.4, -0.2) is 13.5 Å². The molecule has 0 heterocycles. The standard InChI is InChI=1S/C6H12BS/c1-3-4-7-5-6-8-2/h5-6H,3-4H2,1-2H3. The zero-order valence-electron chi connectivity index (χ0n) is 5.55. The normalized spacial score (nSPS) is 10.2. The molecule has 0 aliphatic rings. The van der Waals surface area contributed by atoms with Gasteiger partial charge in [0.05, 0.1) is 0 Å². The van der Waals surface area contributed by atoms with Crippen LogP contribution in [0, 0.1) is 0 Å². The maximum atomic E-state index is 2.19. The highest BCUT2D eigenvalue weighted by Crippen LogP contribution is 1.93. The van der Waals surface area contributed by atoms with Crippen molar-refractivity contribution in [2.45, 2.75) is 19.7 Å². The monoisotopic (exact) mass is 127 g/mol. The fourth-order valence-electron chi connectivity index (χ4n) is 0.397. The highest BCUT2D eigenvalue weighted by atomic mass is 32.2. The van der Waals surface area contributed by atoms with E-state index in [1.807, 2.05) is 0 Å². The molecule has 8 heavy (non-hydrogen) atoms. The Morgan fingerprint density at radius 2 is 2.38 bits per heavy atom. The zero-order chi connectivity index (χ0) is 6.24. The van der Waals surface area contributed by atoms with E-state index in [1.54, 1.807) is 11.8 Å². The van der Waals surface area contributed by atoms with Crippen molar-refractivity contribution in [1.29, 1.82) is 0 Å². The summed E-state index contributed by atoms with van der Waals surface area (Å²) in [6.07, 6.45) is 4.52. The molecule has 0 fully saturated rings. The van der Waals surface area contributed by atoms with Gasteiger partial charge < -0.3 is 0 Å². The molecule has 0 N–H and O–H groups in total. The second-order valence-electron chi connectivity index (χ2n) is 1.59. The van der Waals surface area contributed by atoms with Gasteiger partial charge in [0.15, 0.2) is 0 Å². The molecule has 0 aromatic rings. The number of hydrogen-bond donors (Lipinski definition) is 0. The number of thioether (sulfide) groups is 1. The average molecular weight is 127 g/mol. The van der Waals surface area contributed by atoms with Crippen LogP contribution in [0.15, 0.2) is 11.4 Å². The lowest BCUT2D eigenvalue weighted by Gasteiger charge is -1.82. The second kappa shape index (κ2) is 7.15. The van der Waals surface area contributed by atoms with Crippen molar-refractivity contribution in [2.75, 3.05) is 6.26 Å². The van der Waals surface area contributed by atoms with E-state index in [2.05, 4.69) is 31.8 Å². The molecular weight excluding hydrogens is 115 g/mol. The van der Waals surface area contributed by atoms with Gasteiger partial charge in [0.2, 0.25) is 0 Å². The molecule has 0 spiro atoms. The average Bonchev–Trinajstić information content (AvgIpc) is 1.81. The first-order valence-corrected chi connectivity index (χ1v) is 4.21. The second-order valence-corrected chi connectivity index (χ2v) is 2.33. The van der Waals surface area contributed by atoms with Crippen molar-refractivity contribution in [3.05, 3.63) is 11.4 Å². The lowest BCUT2D eigenvalue weighted by Crippen LogP contribution is -1.79. The van der Waals surface area contributed by atoms with Gasteiger partial charge in [-0.1, -0.05) is 19.7 Å². The lowest BCUT2D eigenvalue weighted by atomic mass is 9.74. The maximum absolute atomic E-state index is 2.19. The third-order valence-corrected chi connectivity index (χ3v) is 1.24. The van der Waals surface area contributed by atoms with Crippen molar-refractivity contribution in [3.8, 4) is 0 Å². The van der Waals surface area contributed by atoms with Crippen molar-refractivity contribution in [1.82, 2.24) is 0 Å². The summed E-state index contributed by atoms with van der Waals surface area (Å²) >= 11 is 1.74. The molecule has 0 aliphatic carbocycles. The van der Waals surface area contributed by atoms with E-state index in [0.717, 1.165) is 0 Å². The molecule has 0 aromatic carbocycles. The summed E-state index contributed by atoms with van der Waals surface area (Å²) in [5.74, 6) is 2.11. The van der Waals surface area contributed by atoms with Crippen LogP contribution < -0.4 is 0 Å². The molecule has 0 saturated heterocycles. The molecule has 0 aliphatic heterocycles. The van der Waals surface area contributed by atoms with E-state index < -0.39 is 0 Å². The van der Waals surface area contributed by atoms with Crippen LogP contribution in [-0.2, 0) is 0 Å². The topological polar surface area (TPSA) is 0 Å². The predicted molar refractivity (Wildman–Crippen MR) is 43.5 cm³/mol. The smallest absolute Gasteiger partial charge is 0.139 e. The molecule has 0 atom stereocenters. The first-order valence-electron chi connectivity index (χ1n) is 2.93. The van der Waals surface area contributed by atoms with Gasteiger partial charge in [-0.2, -0.15) is 0 Å². The van der Waals surface area contributed by atoms with Gasteiger partial charge >= 0.3 is 0 Å². The first kappa shape index (κ1) is 8.15. The van der Waals surface area contributed by atoms with Crippen molar-refractivity contribution >= 4 is 19.0 Å². The predicted octanol–water partition coefficient (Wildman–Crippen LogP) is 2.35. The minimum absolute atomic E-state index is 1.21. The highest BCUT2D eigenvalue weighted by Gasteiger charge is 1.78. The van der Waals surface area contributed by atoms with Gasteiger partial charge in [-0.25, -0.2) is 0 Å². The Balaban J connectivity index is 2.80. The first-order chi connectivity index (χ1) is 3.91. The third-order valence-electron chi connectivity index (χ3n) is 0.806. The fraction of sp³-hybridized carbons (Fsp3) is 0.667. The van der Waals surface area contributed by atoms with Crippen LogP contribution in [0.1, 0.15) is 13.3 Å².